The van der Waals surface area contributed by atoms with Gasteiger partial charge in [-0.05, 0) is 30.3 Å². The third kappa shape index (κ3) is 3.61. The molecule has 0 spiro atoms. The fraction of sp³-hybridized carbons (Fsp3) is 0.200. The van der Waals surface area contributed by atoms with Gasteiger partial charge in [0, 0.05) is 45.7 Å². The molecule has 0 amide bonds. The summed E-state index contributed by atoms with van der Waals surface area (Å²) in [6, 6.07) is 11.3. The molecule has 1 aliphatic rings. The van der Waals surface area contributed by atoms with Crippen LogP contribution in [0.5, 0.6) is 11.5 Å². The van der Waals surface area contributed by atoms with Crippen LogP contribution in [0.3, 0.4) is 0 Å². The molecule has 0 saturated carbocycles. The molecule has 3 N–H and O–H groups in total. The third-order valence-corrected chi connectivity index (χ3v) is 4.97. The number of hydrogen-bond acceptors (Lipinski definition) is 7. The fourth-order valence-corrected chi connectivity index (χ4v) is 3.53. The molecular weight excluding hydrogens is 424 g/mol. The predicted molar refractivity (Wildman–Crippen MR) is 111 cm³/mol. The zero-order valence-corrected chi connectivity index (χ0v) is 16.9. The maximum Gasteiger partial charge on any atom is 0.227 e. The van der Waals surface area contributed by atoms with E-state index >= 15 is 0 Å². The summed E-state index contributed by atoms with van der Waals surface area (Å²) < 4.78 is 11.6. The molecule has 8 heteroatoms. The van der Waals surface area contributed by atoms with E-state index in [2.05, 4.69) is 31.5 Å². The summed E-state index contributed by atoms with van der Waals surface area (Å²) in [6.45, 7) is 0. The van der Waals surface area contributed by atoms with Crippen molar-refractivity contribution in [1.29, 1.82) is 0 Å². The molecule has 3 aromatic rings. The molecule has 0 aliphatic carbocycles. The van der Waals surface area contributed by atoms with E-state index in [9.17, 15) is 5.11 Å². The lowest BCUT2D eigenvalue weighted by atomic mass is 10.1. The number of hydrogen-bond donors (Lipinski definition) is 3. The molecule has 0 bridgehead atoms. The first kappa shape index (κ1) is 18.5. The monoisotopic (exact) mass is 442 g/mol. The van der Waals surface area contributed by atoms with Crippen LogP contribution in [0.15, 0.2) is 47.1 Å². The van der Waals surface area contributed by atoms with Crippen LogP contribution in [-0.2, 0) is 6.42 Å². The number of rotatable bonds is 4. The summed E-state index contributed by atoms with van der Waals surface area (Å²) in [4.78, 5) is 9.13. The lowest BCUT2D eigenvalue weighted by Crippen LogP contribution is -2.20. The summed E-state index contributed by atoms with van der Waals surface area (Å²) in [7, 11) is 3.19. The van der Waals surface area contributed by atoms with Crippen molar-refractivity contribution in [2.45, 2.75) is 12.6 Å². The number of ether oxygens (including phenoxy) is 2. The second-order valence-electron chi connectivity index (χ2n) is 6.32. The van der Waals surface area contributed by atoms with Crippen molar-refractivity contribution in [2.24, 2.45) is 0 Å². The molecule has 0 saturated heterocycles. The molecule has 1 aliphatic heterocycles. The van der Waals surface area contributed by atoms with Crippen molar-refractivity contribution in [2.75, 3.05) is 24.9 Å². The second-order valence-corrected chi connectivity index (χ2v) is 7.23. The van der Waals surface area contributed by atoms with E-state index in [1.165, 1.54) is 0 Å². The van der Waals surface area contributed by atoms with Gasteiger partial charge in [0.05, 0.1) is 19.9 Å². The Bertz CT molecular complexity index is 1030. The number of nitrogens with one attached hydrogen (secondary N) is 2. The Labute approximate surface area is 170 Å². The average molecular weight is 443 g/mol. The Kier molecular flexibility index (Phi) is 5.06. The van der Waals surface area contributed by atoms with Crippen molar-refractivity contribution < 1.29 is 14.6 Å². The summed E-state index contributed by atoms with van der Waals surface area (Å²) >= 11 is 3.51. The van der Waals surface area contributed by atoms with E-state index in [1.54, 1.807) is 20.4 Å². The minimum atomic E-state index is -0.700. The van der Waals surface area contributed by atoms with Crippen LogP contribution in [-0.4, -0.2) is 35.5 Å². The van der Waals surface area contributed by atoms with Crippen LogP contribution in [0.1, 0.15) is 5.56 Å². The van der Waals surface area contributed by atoms with Crippen LogP contribution < -0.4 is 20.1 Å². The molecular formula is C20H19BrN4O3. The van der Waals surface area contributed by atoms with Gasteiger partial charge in [0.25, 0.3) is 0 Å². The van der Waals surface area contributed by atoms with Crippen molar-refractivity contribution in [3.8, 4) is 22.8 Å². The molecule has 7 nitrogen and oxygen atoms in total. The molecule has 0 fully saturated rings. The Hall–Kier alpha value is -2.84. The van der Waals surface area contributed by atoms with Gasteiger partial charge in [-0.15, -0.1) is 0 Å². The maximum atomic E-state index is 10.2. The van der Waals surface area contributed by atoms with Gasteiger partial charge in [-0.25, -0.2) is 9.97 Å². The van der Waals surface area contributed by atoms with Crippen LogP contribution in [0.2, 0.25) is 0 Å². The molecule has 1 atom stereocenters. The first-order valence-corrected chi connectivity index (χ1v) is 9.46. The Balaban J connectivity index is 1.73. The minimum absolute atomic E-state index is 0.415. The van der Waals surface area contributed by atoms with Crippen LogP contribution in [0.25, 0.3) is 11.3 Å². The minimum Gasteiger partial charge on any atom is -0.493 e. The van der Waals surface area contributed by atoms with Gasteiger partial charge in [0.15, 0.2) is 11.5 Å². The van der Waals surface area contributed by atoms with E-state index in [4.69, 9.17) is 14.5 Å². The van der Waals surface area contributed by atoms with Gasteiger partial charge < -0.3 is 25.2 Å². The Morgan fingerprint density at radius 1 is 1.14 bits per heavy atom. The first-order valence-electron chi connectivity index (χ1n) is 8.67. The molecule has 0 radical (unpaired) electrons. The highest BCUT2D eigenvalue weighted by Gasteiger charge is 2.21. The van der Waals surface area contributed by atoms with Gasteiger partial charge >= 0.3 is 0 Å². The van der Waals surface area contributed by atoms with Gasteiger partial charge in [-0.3, -0.25) is 0 Å². The normalized spacial score (nSPS) is 14.9. The number of methoxy groups -OCH3 is 2. The van der Waals surface area contributed by atoms with E-state index in [0.717, 1.165) is 32.7 Å². The number of nitrogens with zero attached hydrogens (tertiary/aromatic N) is 2. The van der Waals surface area contributed by atoms with Gasteiger partial charge in [-0.1, -0.05) is 15.9 Å². The molecule has 2 heterocycles. The molecule has 2 aromatic carbocycles. The Morgan fingerprint density at radius 3 is 2.75 bits per heavy atom. The molecule has 1 aromatic heterocycles. The maximum absolute atomic E-state index is 10.2. The van der Waals surface area contributed by atoms with Crippen molar-refractivity contribution in [3.05, 3.63) is 52.6 Å². The quantitative estimate of drug-likeness (QED) is 0.563. The summed E-state index contributed by atoms with van der Waals surface area (Å²) in [5.41, 5.74) is 4.15. The number of aromatic nitrogens is 2. The van der Waals surface area contributed by atoms with E-state index in [-0.39, 0.29) is 0 Å². The summed E-state index contributed by atoms with van der Waals surface area (Å²) in [5.74, 6) is 1.71. The highest BCUT2D eigenvalue weighted by atomic mass is 79.9. The number of aliphatic hydroxyl groups excluding tert-OH is 1. The van der Waals surface area contributed by atoms with Crippen molar-refractivity contribution in [1.82, 2.24) is 9.97 Å². The van der Waals surface area contributed by atoms with Crippen molar-refractivity contribution >= 4 is 33.3 Å². The highest BCUT2D eigenvalue weighted by Crippen LogP contribution is 2.36. The van der Waals surface area contributed by atoms with Gasteiger partial charge in [-0.2, -0.15) is 0 Å². The average Bonchev–Trinajstić information content (AvgIpc) is 2.83. The fourth-order valence-electron chi connectivity index (χ4n) is 3.17. The first-order chi connectivity index (χ1) is 13.6. The highest BCUT2D eigenvalue weighted by molar-refractivity contribution is 9.10. The van der Waals surface area contributed by atoms with Gasteiger partial charge in [0.1, 0.15) is 6.23 Å². The van der Waals surface area contributed by atoms with E-state index < -0.39 is 6.23 Å². The number of aliphatic hydroxyl groups is 1. The van der Waals surface area contributed by atoms with Gasteiger partial charge in [0.2, 0.25) is 5.95 Å². The summed E-state index contributed by atoms with van der Waals surface area (Å²) in [6.07, 6.45) is 1.46. The number of benzene rings is 2. The Morgan fingerprint density at radius 2 is 1.96 bits per heavy atom. The van der Waals surface area contributed by atoms with Crippen molar-refractivity contribution in [3.63, 3.8) is 0 Å². The third-order valence-electron chi connectivity index (χ3n) is 4.48. The molecule has 144 valence electrons. The largest absolute Gasteiger partial charge is 0.493 e. The number of halogens is 1. The zero-order valence-electron chi connectivity index (χ0n) is 15.4. The molecule has 4 rings (SSSR count). The topological polar surface area (TPSA) is 88.5 Å². The zero-order chi connectivity index (χ0) is 19.7. The predicted octanol–water partition coefficient (Wildman–Crippen LogP) is 3.95. The molecule has 28 heavy (non-hydrogen) atoms. The summed E-state index contributed by atoms with van der Waals surface area (Å²) in [5, 5.41) is 16.6. The van der Waals surface area contributed by atoms with E-state index in [0.29, 0.717) is 23.9 Å². The van der Waals surface area contributed by atoms with Crippen LogP contribution in [0.4, 0.5) is 17.3 Å². The SMILES string of the molecule is COc1ccc(Nc2ncc3c(n2)-c2cc(Br)ccc2NC(O)C3)cc1OC. The number of fused-ring (bicyclic) bond motifs is 3. The lowest BCUT2D eigenvalue weighted by Gasteiger charge is -2.13. The smallest absolute Gasteiger partial charge is 0.227 e. The lowest BCUT2D eigenvalue weighted by molar-refractivity contribution is 0.205. The van der Waals surface area contributed by atoms with E-state index in [1.807, 2.05) is 36.4 Å². The van der Waals surface area contributed by atoms with Crippen LogP contribution in [0, 0.1) is 0 Å². The molecule has 1 unspecified atom stereocenters. The van der Waals surface area contributed by atoms with Crippen LogP contribution >= 0.6 is 15.9 Å². The standard InChI is InChI=1S/C20H19BrN4O3/c1-27-16-6-4-13(9-17(16)28-2)23-20-22-10-11-7-18(26)24-15-5-3-12(21)8-14(15)19(11)25-20/h3-6,8-10,18,24,26H,7H2,1-2H3,(H,22,23,25). The second kappa shape index (κ2) is 7.65. The number of anilines is 3.